The van der Waals surface area contributed by atoms with Gasteiger partial charge >= 0.3 is 0 Å². The predicted octanol–water partition coefficient (Wildman–Crippen LogP) is 4.89. The fraction of sp³-hybridized carbons (Fsp3) is 0.600. The summed E-state index contributed by atoms with van der Waals surface area (Å²) in [7, 11) is 0. The lowest BCUT2D eigenvalue weighted by Gasteiger charge is -2.15. The van der Waals surface area contributed by atoms with Crippen molar-refractivity contribution in [1.29, 1.82) is 0 Å². The second kappa shape index (κ2) is 6.59. The van der Waals surface area contributed by atoms with Crippen LogP contribution in [-0.2, 0) is 6.54 Å². The van der Waals surface area contributed by atoms with Gasteiger partial charge in [-0.2, -0.15) is 0 Å². The standard InChI is InChI=1S/C15H21Br2NO/c1-3-15(5-6-15)10-18-9-11-7-12(16)14(19-4-2)13(17)8-11/h7-8,18H,3-6,9-10H2,1-2H3. The lowest BCUT2D eigenvalue weighted by atomic mass is 10.0. The van der Waals surface area contributed by atoms with Crippen molar-refractivity contribution in [3.8, 4) is 5.75 Å². The highest BCUT2D eigenvalue weighted by Crippen LogP contribution is 2.47. The molecule has 1 fully saturated rings. The zero-order valence-corrected chi connectivity index (χ0v) is 14.7. The first kappa shape index (κ1) is 15.3. The molecule has 0 saturated heterocycles. The lowest BCUT2D eigenvalue weighted by molar-refractivity contribution is 0.336. The monoisotopic (exact) mass is 389 g/mol. The molecule has 106 valence electrons. The zero-order valence-electron chi connectivity index (χ0n) is 11.6. The van der Waals surface area contributed by atoms with Crippen LogP contribution in [-0.4, -0.2) is 13.2 Å². The fourth-order valence-corrected chi connectivity index (χ4v) is 3.81. The molecule has 1 aliphatic carbocycles. The molecule has 1 N–H and O–H groups in total. The Hall–Kier alpha value is -0.0600. The molecular weight excluding hydrogens is 370 g/mol. The van der Waals surface area contributed by atoms with E-state index >= 15 is 0 Å². The summed E-state index contributed by atoms with van der Waals surface area (Å²) in [5, 5.41) is 3.58. The molecule has 1 saturated carbocycles. The van der Waals surface area contributed by atoms with E-state index in [0.717, 1.165) is 27.8 Å². The summed E-state index contributed by atoms with van der Waals surface area (Å²) >= 11 is 7.15. The lowest BCUT2D eigenvalue weighted by Crippen LogP contribution is -2.23. The number of rotatable bonds is 7. The van der Waals surface area contributed by atoms with Gasteiger partial charge in [-0.1, -0.05) is 6.92 Å². The van der Waals surface area contributed by atoms with Crippen molar-refractivity contribution >= 4 is 31.9 Å². The van der Waals surface area contributed by atoms with Gasteiger partial charge in [0.15, 0.2) is 0 Å². The van der Waals surface area contributed by atoms with Gasteiger partial charge in [-0.25, -0.2) is 0 Å². The second-order valence-corrected chi connectivity index (χ2v) is 6.99. The van der Waals surface area contributed by atoms with Crippen LogP contribution in [0, 0.1) is 5.41 Å². The summed E-state index contributed by atoms with van der Waals surface area (Å²) in [4.78, 5) is 0. The largest absolute Gasteiger partial charge is 0.492 e. The number of hydrogen-bond acceptors (Lipinski definition) is 2. The summed E-state index contributed by atoms with van der Waals surface area (Å²) < 4.78 is 7.62. The minimum absolute atomic E-state index is 0.597. The predicted molar refractivity (Wildman–Crippen MR) is 86.7 cm³/mol. The molecule has 1 aromatic carbocycles. The van der Waals surface area contributed by atoms with E-state index in [0.29, 0.717) is 12.0 Å². The van der Waals surface area contributed by atoms with Crippen molar-refractivity contribution < 1.29 is 4.74 Å². The summed E-state index contributed by atoms with van der Waals surface area (Å²) in [5.74, 6) is 0.887. The molecule has 4 heteroatoms. The maximum atomic E-state index is 5.59. The first-order chi connectivity index (χ1) is 9.10. The van der Waals surface area contributed by atoms with Crippen molar-refractivity contribution in [2.45, 2.75) is 39.7 Å². The third-order valence-corrected chi connectivity index (χ3v) is 5.06. The molecule has 0 heterocycles. The molecule has 0 bridgehead atoms. The number of halogens is 2. The quantitative estimate of drug-likeness (QED) is 0.715. The fourth-order valence-electron chi connectivity index (χ4n) is 2.30. The molecule has 2 nitrogen and oxygen atoms in total. The van der Waals surface area contributed by atoms with Crippen LogP contribution < -0.4 is 10.1 Å². The minimum Gasteiger partial charge on any atom is -0.492 e. The zero-order chi connectivity index (χ0) is 13.9. The average Bonchev–Trinajstić information content (AvgIpc) is 3.14. The van der Waals surface area contributed by atoms with Gasteiger partial charge in [-0.15, -0.1) is 0 Å². The third-order valence-electron chi connectivity index (χ3n) is 3.88. The summed E-state index contributed by atoms with van der Waals surface area (Å²) in [6.07, 6.45) is 4.05. The average molecular weight is 391 g/mol. The van der Waals surface area contributed by atoms with Gasteiger partial charge in [-0.3, -0.25) is 0 Å². The van der Waals surface area contributed by atoms with E-state index in [1.54, 1.807) is 0 Å². The Morgan fingerprint density at radius 2 is 1.84 bits per heavy atom. The third kappa shape index (κ3) is 3.96. The highest BCUT2D eigenvalue weighted by molar-refractivity contribution is 9.11. The van der Waals surface area contributed by atoms with Gasteiger partial charge in [0.2, 0.25) is 0 Å². The summed E-state index contributed by atoms with van der Waals surface area (Å²) in [6, 6.07) is 4.27. The van der Waals surface area contributed by atoms with E-state index < -0.39 is 0 Å². The Balaban J connectivity index is 1.94. The molecule has 1 aromatic rings. The van der Waals surface area contributed by atoms with Crippen LogP contribution in [0.15, 0.2) is 21.1 Å². The molecule has 0 spiro atoms. The SMILES string of the molecule is CCOc1c(Br)cc(CNCC2(CC)CC2)cc1Br. The van der Waals surface area contributed by atoms with Gasteiger partial charge in [0.1, 0.15) is 5.75 Å². The molecule has 2 rings (SSSR count). The number of benzene rings is 1. The number of nitrogens with one attached hydrogen (secondary N) is 1. The van der Waals surface area contributed by atoms with Crippen LogP contribution in [0.25, 0.3) is 0 Å². The van der Waals surface area contributed by atoms with Crippen molar-refractivity contribution in [3.63, 3.8) is 0 Å². The van der Waals surface area contributed by atoms with Crippen molar-refractivity contribution in [3.05, 3.63) is 26.6 Å². The van der Waals surface area contributed by atoms with Crippen molar-refractivity contribution in [2.24, 2.45) is 5.41 Å². The second-order valence-electron chi connectivity index (χ2n) is 5.28. The van der Waals surface area contributed by atoms with Crippen molar-refractivity contribution in [2.75, 3.05) is 13.2 Å². The molecule has 0 amide bonds. The van der Waals surface area contributed by atoms with E-state index in [9.17, 15) is 0 Å². The topological polar surface area (TPSA) is 21.3 Å². The molecule has 1 aliphatic rings. The van der Waals surface area contributed by atoms with E-state index in [2.05, 4.69) is 56.2 Å². The van der Waals surface area contributed by atoms with E-state index in [1.807, 2.05) is 6.92 Å². The van der Waals surface area contributed by atoms with E-state index in [-0.39, 0.29) is 0 Å². The molecule has 19 heavy (non-hydrogen) atoms. The Morgan fingerprint density at radius 1 is 1.21 bits per heavy atom. The van der Waals surface area contributed by atoms with Crippen LogP contribution >= 0.6 is 31.9 Å². The number of hydrogen-bond donors (Lipinski definition) is 1. The van der Waals surface area contributed by atoms with Gasteiger partial charge in [0.25, 0.3) is 0 Å². The van der Waals surface area contributed by atoms with Gasteiger partial charge in [0.05, 0.1) is 15.6 Å². The molecular formula is C15H21Br2NO. The Morgan fingerprint density at radius 3 is 2.32 bits per heavy atom. The highest BCUT2D eigenvalue weighted by atomic mass is 79.9. The van der Waals surface area contributed by atoms with E-state index in [4.69, 9.17) is 4.74 Å². The molecule has 0 unspecified atom stereocenters. The Kier molecular flexibility index (Phi) is 5.32. The maximum absolute atomic E-state index is 5.59. The van der Waals surface area contributed by atoms with Crippen LogP contribution in [0.2, 0.25) is 0 Å². The highest BCUT2D eigenvalue weighted by Gasteiger charge is 2.39. The number of ether oxygens (including phenoxy) is 1. The molecule has 0 aliphatic heterocycles. The van der Waals surface area contributed by atoms with Gasteiger partial charge in [-0.05, 0) is 81.2 Å². The van der Waals surface area contributed by atoms with Crippen LogP contribution in [0.3, 0.4) is 0 Å². The van der Waals surface area contributed by atoms with Gasteiger partial charge in [0, 0.05) is 13.1 Å². The normalized spacial score (nSPS) is 16.4. The van der Waals surface area contributed by atoms with Crippen LogP contribution in [0.1, 0.15) is 38.7 Å². The Labute approximate surface area is 132 Å². The molecule has 0 aromatic heterocycles. The Bertz CT molecular complexity index is 421. The first-order valence-corrected chi connectivity index (χ1v) is 8.50. The van der Waals surface area contributed by atoms with Crippen LogP contribution in [0.5, 0.6) is 5.75 Å². The van der Waals surface area contributed by atoms with Gasteiger partial charge < -0.3 is 10.1 Å². The smallest absolute Gasteiger partial charge is 0.147 e. The summed E-state index contributed by atoms with van der Waals surface area (Å²) in [5.41, 5.74) is 1.87. The summed E-state index contributed by atoms with van der Waals surface area (Å²) in [6.45, 7) is 7.00. The minimum atomic E-state index is 0.597. The van der Waals surface area contributed by atoms with Crippen molar-refractivity contribution in [1.82, 2.24) is 5.32 Å². The molecule has 0 atom stereocenters. The van der Waals surface area contributed by atoms with E-state index in [1.165, 1.54) is 24.8 Å². The van der Waals surface area contributed by atoms with Crippen LogP contribution in [0.4, 0.5) is 0 Å². The molecule has 0 radical (unpaired) electrons. The first-order valence-electron chi connectivity index (χ1n) is 6.91. The maximum Gasteiger partial charge on any atom is 0.147 e.